The molecular weight excluding hydrogens is 291 g/mol. The van der Waals surface area contributed by atoms with Crippen LogP contribution >= 0.6 is 0 Å². The van der Waals surface area contributed by atoms with Gasteiger partial charge in [0.25, 0.3) is 0 Å². The van der Waals surface area contributed by atoms with Gasteiger partial charge in [0.05, 0.1) is 6.10 Å². The van der Waals surface area contributed by atoms with Crippen molar-refractivity contribution in [2.45, 2.75) is 44.8 Å². The Morgan fingerprint density at radius 3 is 2.26 bits per heavy atom. The highest BCUT2D eigenvalue weighted by atomic mass is 19.1. The van der Waals surface area contributed by atoms with Crippen LogP contribution in [0.3, 0.4) is 0 Å². The van der Waals surface area contributed by atoms with Crippen LogP contribution in [0.25, 0.3) is 0 Å². The van der Waals surface area contributed by atoms with Gasteiger partial charge in [-0.3, -0.25) is 9.80 Å². The van der Waals surface area contributed by atoms with E-state index in [2.05, 4.69) is 16.7 Å². The third-order valence-electron chi connectivity index (χ3n) is 5.59. The van der Waals surface area contributed by atoms with E-state index >= 15 is 0 Å². The van der Waals surface area contributed by atoms with Gasteiger partial charge in [-0.1, -0.05) is 19.1 Å². The average molecular weight is 320 g/mol. The molecule has 1 aliphatic heterocycles. The predicted molar refractivity (Wildman–Crippen MR) is 90.8 cm³/mol. The van der Waals surface area contributed by atoms with Crippen molar-refractivity contribution in [3.8, 4) is 0 Å². The number of β-amino-alcohol motifs (C(OH)–C–C–N with tert-alkyl or cyclic N) is 1. The summed E-state index contributed by atoms with van der Waals surface area (Å²) in [5.74, 6) is 0.648. The van der Waals surface area contributed by atoms with Gasteiger partial charge in [0.1, 0.15) is 5.82 Å². The summed E-state index contributed by atoms with van der Waals surface area (Å²) in [6.07, 6.45) is 4.90. The molecule has 2 fully saturated rings. The zero-order valence-electron chi connectivity index (χ0n) is 14.1. The Hall–Kier alpha value is -0.970. The molecule has 3 rings (SSSR count). The Labute approximate surface area is 139 Å². The van der Waals surface area contributed by atoms with Gasteiger partial charge in [-0.2, -0.15) is 0 Å². The molecule has 1 N–H and O–H groups in total. The van der Waals surface area contributed by atoms with E-state index in [0.717, 1.165) is 43.7 Å². The largest absolute Gasteiger partial charge is 0.387 e. The number of hydrogen-bond donors (Lipinski definition) is 1. The number of halogens is 1. The summed E-state index contributed by atoms with van der Waals surface area (Å²) in [5.41, 5.74) is 0.801. The van der Waals surface area contributed by atoms with E-state index < -0.39 is 6.10 Å². The molecule has 1 saturated carbocycles. The summed E-state index contributed by atoms with van der Waals surface area (Å²) in [6, 6.07) is 6.97. The molecule has 1 atom stereocenters. The Kier molecular flexibility index (Phi) is 5.67. The summed E-state index contributed by atoms with van der Waals surface area (Å²) in [7, 11) is 0. The first-order chi connectivity index (χ1) is 11.1. The predicted octanol–water partition coefficient (Wildman–Crippen LogP) is 3.06. The van der Waals surface area contributed by atoms with Gasteiger partial charge in [-0.25, -0.2) is 4.39 Å². The van der Waals surface area contributed by atoms with Crippen LogP contribution in [-0.2, 0) is 0 Å². The monoisotopic (exact) mass is 320 g/mol. The highest BCUT2D eigenvalue weighted by Crippen LogP contribution is 2.28. The molecule has 4 heteroatoms. The molecule has 23 heavy (non-hydrogen) atoms. The van der Waals surface area contributed by atoms with Crippen LogP contribution in [0.1, 0.15) is 44.3 Å². The lowest BCUT2D eigenvalue weighted by Gasteiger charge is -2.42. The third kappa shape index (κ3) is 4.52. The number of benzene rings is 1. The third-order valence-corrected chi connectivity index (χ3v) is 5.59. The van der Waals surface area contributed by atoms with Crippen LogP contribution in [0.15, 0.2) is 24.3 Å². The lowest BCUT2D eigenvalue weighted by Crippen LogP contribution is -2.51. The second-order valence-electron chi connectivity index (χ2n) is 7.32. The van der Waals surface area contributed by atoms with E-state index in [-0.39, 0.29) is 5.82 Å². The molecule has 1 unspecified atom stereocenters. The number of rotatable bonds is 4. The van der Waals surface area contributed by atoms with Crippen molar-refractivity contribution in [2.75, 3.05) is 32.7 Å². The first-order valence-electron chi connectivity index (χ1n) is 9.02. The van der Waals surface area contributed by atoms with E-state index in [1.54, 1.807) is 12.1 Å². The minimum Gasteiger partial charge on any atom is -0.387 e. The van der Waals surface area contributed by atoms with Crippen molar-refractivity contribution < 1.29 is 9.50 Å². The van der Waals surface area contributed by atoms with Gasteiger partial charge in [-0.05, 0) is 49.3 Å². The Morgan fingerprint density at radius 1 is 1.04 bits per heavy atom. The molecule has 128 valence electrons. The highest BCUT2D eigenvalue weighted by molar-refractivity contribution is 5.18. The van der Waals surface area contributed by atoms with E-state index in [1.807, 2.05) is 0 Å². The molecule has 0 aromatic heterocycles. The van der Waals surface area contributed by atoms with Gasteiger partial charge >= 0.3 is 0 Å². The Bertz CT molecular complexity index is 477. The quantitative estimate of drug-likeness (QED) is 0.924. The maximum absolute atomic E-state index is 13.0. The van der Waals surface area contributed by atoms with Crippen LogP contribution in [0.5, 0.6) is 0 Å². The number of hydrogen-bond acceptors (Lipinski definition) is 3. The minimum absolute atomic E-state index is 0.253. The van der Waals surface area contributed by atoms with Crippen molar-refractivity contribution >= 4 is 0 Å². The molecule has 1 aromatic rings. The maximum Gasteiger partial charge on any atom is 0.123 e. The topological polar surface area (TPSA) is 26.7 Å². The second kappa shape index (κ2) is 7.73. The second-order valence-corrected chi connectivity index (χ2v) is 7.32. The van der Waals surface area contributed by atoms with Gasteiger partial charge < -0.3 is 5.11 Å². The summed E-state index contributed by atoms with van der Waals surface area (Å²) < 4.78 is 13.0. The molecule has 1 heterocycles. The highest BCUT2D eigenvalue weighted by Gasteiger charge is 2.27. The summed E-state index contributed by atoms with van der Waals surface area (Å²) in [4.78, 5) is 4.97. The molecule has 1 saturated heterocycles. The number of aliphatic hydroxyl groups is 1. The van der Waals surface area contributed by atoms with Crippen molar-refractivity contribution in [1.29, 1.82) is 0 Å². The van der Waals surface area contributed by atoms with Gasteiger partial charge in [0.15, 0.2) is 0 Å². The molecule has 1 aromatic carbocycles. The molecule has 3 nitrogen and oxygen atoms in total. The molecule has 1 aliphatic carbocycles. The first-order valence-corrected chi connectivity index (χ1v) is 9.02. The average Bonchev–Trinajstić information content (AvgIpc) is 2.57. The fourth-order valence-corrected chi connectivity index (χ4v) is 3.95. The van der Waals surface area contributed by atoms with Crippen molar-refractivity contribution in [1.82, 2.24) is 9.80 Å². The molecule has 2 aliphatic rings. The van der Waals surface area contributed by atoms with E-state index in [4.69, 9.17) is 0 Å². The maximum atomic E-state index is 13.0. The molecule has 0 radical (unpaired) electrons. The molecule has 0 spiro atoms. The van der Waals surface area contributed by atoms with Crippen LogP contribution in [0, 0.1) is 11.7 Å². The van der Waals surface area contributed by atoms with Crippen LogP contribution < -0.4 is 0 Å². The molecule has 0 amide bonds. The normalized spacial score (nSPS) is 28.7. The fraction of sp³-hybridized carbons (Fsp3) is 0.684. The standard InChI is InChI=1S/C19H29FN2O/c1-15-2-8-18(9-3-15)22-12-10-21(11-13-22)14-19(23)16-4-6-17(20)7-5-16/h4-7,15,18-19,23H,2-3,8-14H2,1H3. The smallest absolute Gasteiger partial charge is 0.123 e. The van der Waals surface area contributed by atoms with E-state index in [1.165, 1.54) is 37.8 Å². The van der Waals surface area contributed by atoms with E-state index in [0.29, 0.717) is 6.54 Å². The zero-order chi connectivity index (χ0) is 16.2. The zero-order valence-corrected chi connectivity index (χ0v) is 14.1. The SMILES string of the molecule is CC1CCC(N2CCN(CC(O)c3ccc(F)cc3)CC2)CC1. The van der Waals surface area contributed by atoms with Crippen LogP contribution in [0.4, 0.5) is 4.39 Å². The van der Waals surface area contributed by atoms with Crippen molar-refractivity contribution in [3.63, 3.8) is 0 Å². The van der Waals surface area contributed by atoms with Gasteiger partial charge in [0.2, 0.25) is 0 Å². The minimum atomic E-state index is -0.530. The Morgan fingerprint density at radius 2 is 1.65 bits per heavy atom. The Balaban J connectivity index is 1.44. The molecular formula is C19H29FN2O. The van der Waals surface area contributed by atoms with Gasteiger partial charge in [0, 0.05) is 38.8 Å². The summed E-state index contributed by atoms with van der Waals surface area (Å²) >= 11 is 0. The number of aliphatic hydroxyl groups excluding tert-OH is 1. The van der Waals surface area contributed by atoms with Gasteiger partial charge in [-0.15, -0.1) is 0 Å². The van der Waals surface area contributed by atoms with Crippen LogP contribution in [-0.4, -0.2) is 53.7 Å². The first kappa shape index (κ1) is 16.9. The number of nitrogens with zero attached hydrogens (tertiary/aromatic N) is 2. The lowest BCUT2D eigenvalue weighted by molar-refractivity contribution is 0.0439. The molecule has 0 bridgehead atoms. The summed E-state index contributed by atoms with van der Waals surface area (Å²) in [5, 5.41) is 10.3. The fourth-order valence-electron chi connectivity index (χ4n) is 3.95. The van der Waals surface area contributed by atoms with Crippen molar-refractivity contribution in [2.24, 2.45) is 5.92 Å². The lowest BCUT2D eigenvalue weighted by atomic mass is 9.86. The van der Waals surface area contributed by atoms with Crippen molar-refractivity contribution in [3.05, 3.63) is 35.6 Å². The van der Waals surface area contributed by atoms with Crippen LogP contribution in [0.2, 0.25) is 0 Å². The van der Waals surface area contributed by atoms with E-state index in [9.17, 15) is 9.50 Å². The number of piperazine rings is 1. The summed E-state index contributed by atoms with van der Waals surface area (Å²) in [6.45, 7) is 7.26.